The van der Waals surface area contributed by atoms with Gasteiger partial charge in [0.15, 0.2) is 5.78 Å². The van der Waals surface area contributed by atoms with Crippen LogP contribution in [0.5, 0.6) is 0 Å². The number of carbonyl (C=O) groups excluding carboxylic acids is 2. The third-order valence-electron chi connectivity index (χ3n) is 13.8. The number of Topliss-reactive ketones (excluding diaryl/α,β-unsaturated/α-hetero) is 1. The number of hydrogen-bond acceptors (Lipinski definition) is 5. The van der Waals surface area contributed by atoms with Crippen molar-refractivity contribution >= 4 is 11.8 Å². The topological polar surface area (TPSA) is 66.8 Å². The van der Waals surface area contributed by atoms with E-state index in [-0.39, 0.29) is 53.0 Å². The van der Waals surface area contributed by atoms with Crippen molar-refractivity contribution in [3.63, 3.8) is 0 Å². The van der Waals surface area contributed by atoms with Gasteiger partial charge in [0, 0.05) is 19.1 Å². The van der Waals surface area contributed by atoms with E-state index in [1.165, 1.54) is 38.5 Å². The predicted octanol–water partition coefficient (Wildman–Crippen LogP) is 6.27. The molecule has 2 unspecified atom stereocenters. The quantitative estimate of drug-likeness (QED) is 0.394. The molecule has 5 nitrogen and oxygen atoms in total. The van der Waals surface area contributed by atoms with Gasteiger partial charge in [0.05, 0.1) is 5.92 Å². The minimum absolute atomic E-state index is 0.00899. The van der Waals surface area contributed by atoms with Crippen LogP contribution in [0.4, 0.5) is 0 Å². The summed E-state index contributed by atoms with van der Waals surface area (Å²) in [5.74, 6) is 2.40. The highest BCUT2D eigenvalue weighted by molar-refractivity contribution is 5.86. The molecule has 38 heavy (non-hydrogen) atoms. The van der Waals surface area contributed by atoms with Crippen molar-refractivity contribution in [2.45, 2.75) is 112 Å². The van der Waals surface area contributed by atoms with E-state index in [0.717, 1.165) is 75.9 Å². The molecule has 0 aromatic heterocycles. The largest absolute Gasteiger partial charge is 0.457 e. The standard InChI is InChI=1S/C33H55NO4/c1-23-7-13-30(2)25(21-23)8-14-32(4)28(30)10-15-31(3)26(9-16-33(31,32)5)27(36)22-38-29(37)24-11-18-34(19-12-24)17-6-20-35/h23-26,28,35H,6-22H2,1-5H3/t23-,25?,26+,28?,30-,31+,32+,33+/m0/s1. The minimum Gasteiger partial charge on any atom is -0.457 e. The molecule has 8 atom stereocenters. The van der Waals surface area contributed by atoms with Crippen LogP contribution in [0.15, 0.2) is 0 Å². The molecule has 1 saturated heterocycles. The maximum atomic E-state index is 13.7. The molecular formula is C33H55NO4. The van der Waals surface area contributed by atoms with E-state index in [2.05, 4.69) is 39.5 Å². The third-order valence-corrected chi connectivity index (χ3v) is 13.8. The Balaban J connectivity index is 1.23. The molecule has 0 spiro atoms. The van der Waals surface area contributed by atoms with Gasteiger partial charge in [-0.05, 0) is 123 Å². The molecule has 0 radical (unpaired) electrons. The molecule has 1 heterocycles. The normalized spacial score (nSPS) is 45.6. The van der Waals surface area contributed by atoms with Crippen molar-refractivity contribution in [2.24, 2.45) is 51.2 Å². The Morgan fingerprint density at radius 3 is 2.32 bits per heavy atom. The lowest BCUT2D eigenvalue weighted by atomic mass is 9.35. The van der Waals surface area contributed by atoms with Crippen LogP contribution >= 0.6 is 0 Å². The molecule has 0 bridgehead atoms. The van der Waals surface area contributed by atoms with Crippen LogP contribution in [0.1, 0.15) is 112 Å². The molecule has 0 aromatic rings. The molecule has 4 saturated carbocycles. The Bertz CT molecular complexity index is 897. The molecule has 4 aliphatic carbocycles. The van der Waals surface area contributed by atoms with Gasteiger partial charge in [0.25, 0.3) is 0 Å². The lowest BCUT2D eigenvalue weighted by molar-refractivity contribution is -0.211. The summed E-state index contributed by atoms with van der Waals surface area (Å²) in [4.78, 5) is 28.9. The van der Waals surface area contributed by atoms with Crippen molar-refractivity contribution in [3.05, 3.63) is 0 Å². The number of ketones is 1. The van der Waals surface area contributed by atoms with Crippen molar-refractivity contribution in [3.8, 4) is 0 Å². The number of aliphatic hydroxyl groups is 1. The first kappa shape index (κ1) is 28.6. The highest BCUT2D eigenvalue weighted by Crippen LogP contribution is 2.77. The Morgan fingerprint density at radius 1 is 0.895 bits per heavy atom. The summed E-state index contributed by atoms with van der Waals surface area (Å²) in [7, 11) is 0. The zero-order valence-corrected chi connectivity index (χ0v) is 25.0. The number of fused-ring (bicyclic) bond motifs is 5. The number of esters is 1. The average molecular weight is 530 g/mol. The zero-order valence-electron chi connectivity index (χ0n) is 25.0. The van der Waals surface area contributed by atoms with Gasteiger partial charge in [-0.2, -0.15) is 0 Å². The van der Waals surface area contributed by atoms with E-state index in [0.29, 0.717) is 5.41 Å². The van der Waals surface area contributed by atoms with Crippen LogP contribution in [0.2, 0.25) is 0 Å². The van der Waals surface area contributed by atoms with Gasteiger partial charge in [-0.15, -0.1) is 0 Å². The van der Waals surface area contributed by atoms with Crippen molar-refractivity contribution in [1.29, 1.82) is 0 Å². The lowest BCUT2D eigenvalue weighted by Gasteiger charge is -2.70. The number of carbonyl (C=O) groups is 2. The number of ether oxygens (including phenoxy) is 1. The number of piperidine rings is 1. The van der Waals surface area contributed by atoms with Crippen molar-refractivity contribution < 1.29 is 19.4 Å². The highest BCUT2D eigenvalue weighted by Gasteiger charge is 2.71. The summed E-state index contributed by atoms with van der Waals surface area (Å²) in [6.07, 6.45) is 13.7. The Kier molecular flexibility index (Phi) is 7.88. The second kappa shape index (κ2) is 10.5. The fourth-order valence-corrected chi connectivity index (χ4v) is 11.0. The Morgan fingerprint density at radius 2 is 1.61 bits per heavy atom. The van der Waals surface area contributed by atoms with Crippen LogP contribution in [-0.4, -0.2) is 54.6 Å². The molecular weight excluding hydrogens is 474 g/mol. The maximum Gasteiger partial charge on any atom is 0.309 e. The molecule has 216 valence electrons. The molecule has 5 rings (SSSR count). The van der Waals surface area contributed by atoms with Gasteiger partial charge in [0.2, 0.25) is 0 Å². The molecule has 5 fully saturated rings. The summed E-state index contributed by atoms with van der Waals surface area (Å²) in [5.41, 5.74) is 0.882. The minimum atomic E-state index is -0.181. The van der Waals surface area contributed by atoms with Gasteiger partial charge in [0.1, 0.15) is 6.61 Å². The van der Waals surface area contributed by atoms with E-state index >= 15 is 0 Å². The monoisotopic (exact) mass is 529 g/mol. The second-order valence-corrected chi connectivity index (χ2v) is 15.2. The number of likely N-dealkylation sites (tertiary alicyclic amines) is 1. The average Bonchev–Trinajstić information content (AvgIpc) is 3.19. The molecule has 0 amide bonds. The van der Waals surface area contributed by atoms with Gasteiger partial charge in [-0.3, -0.25) is 9.59 Å². The van der Waals surface area contributed by atoms with E-state index in [1.807, 2.05) is 0 Å². The predicted molar refractivity (Wildman–Crippen MR) is 150 cm³/mol. The maximum absolute atomic E-state index is 13.7. The Labute approximate surface area is 231 Å². The smallest absolute Gasteiger partial charge is 0.309 e. The van der Waals surface area contributed by atoms with Crippen molar-refractivity contribution in [1.82, 2.24) is 4.90 Å². The van der Waals surface area contributed by atoms with Crippen LogP contribution in [-0.2, 0) is 14.3 Å². The first-order chi connectivity index (χ1) is 18.0. The molecule has 5 heteroatoms. The summed E-state index contributed by atoms with van der Waals surface area (Å²) < 4.78 is 5.71. The third kappa shape index (κ3) is 4.41. The van der Waals surface area contributed by atoms with Gasteiger partial charge in [-0.25, -0.2) is 0 Å². The number of rotatable bonds is 7. The van der Waals surface area contributed by atoms with Crippen LogP contribution in [0.3, 0.4) is 0 Å². The number of nitrogens with zero attached hydrogens (tertiary/aromatic N) is 1. The summed E-state index contributed by atoms with van der Waals surface area (Å²) in [6, 6.07) is 0. The van der Waals surface area contributed by atoms with E-state index in [9.17, 15) is 9.59 Å². The Hall–Kier alpha value is -0.940. The first-order valence-electron chi connectivity index (χ1n) is 16.0. The molecule has 1 aliphatic heterocycles. The summed E-state index contributed by atoms with van der Waals surface area (Å²) in [6.45, 7) is 15.4. The van der Waals surface area contributed by atoms with E-state index in [4.69, 9.17) is 9.84 Å². The van der Waals surface area contributed by atoms with Gasteiger partial charge >= 0.3 is 5.97 Å². The van der Waals surface area contributed by atoms with E-state index in [1.54, 1.807) is 0 Å². The first-order valence-corrected chi connectivity index (χ1v) is 16.0. The highest BCUT2D eigenvalue weighted by atomic mass is 16.5. The number of hydrogen-bond donors (Lipinski definition) is 1. The van der Waals surface area contributed by atoms with Gasteiger partial charge < -0.3 is 14.7 Å². The summed E-state index contributed by atoms with van der Waals surface area (Å²) in [5, 5.41) is 9.06. The lowest BCUT2D eigenvalue weighted by Crippen LogP contribution is -2.63. The molecule has 5 aliphatic rings. The zero-order chi connectivity index (χ0) is 27.3. The van der Waals surface area contributed by atoms with Crippen LogP contribution in [0.25, 0.3) is 0 Å². The SMILES string of the molecule is C[C@H]1CC[C@@]2(C)C(CC[C@]3(C)C2CC[C@]2(C)[C@@H](C(=O)COC(=O)C4CCN(CCCO)CC4)CC[C@@]32C)C1. The van der Waals surface area contributed by atoms with Crippen molar-refractivity contribution in [2.75, 3.05) is 32.8 Å². The number of aliphatic hydroxyl groups excluding tert-OH is 1. The summed E-state index contributed by atoms with van der Waals surface area (Å²) >= 11 is 0. The fourth-order valence-electron chi connectivity index (χ4n) is 11.0. The molecule has 1 N–H and O–H groups in total. The van der Waals surface area contributed by atoms with Crippen LogP contribution in [0, 0.1) is 51.2 Å². The van der Waals surface area contributed by atoms with E-state index < -0.39 is 0 Å². The van der Waals surface area contributed by atoms with Crippen LogP contribution < -0.4 is 0 Å². The van der Waals surface area contributed by atoms with Gasteiger partial charge in [-0.1, -0.05) is 41.0 Å². The second-order valence-electron chi connectivity index (χ2n) is 15.2. The fraction of sp³-hybridized carbons (Fsp3) is 0.939. The molecule has 0 aromatic carbocycles.